The summed E-state index contributed by atoms with van der Waals surface area (Å²) in [7, 11) is 0. The molecule has 11 aromatic rings. The number of nitriles is 2. The van der Waals surface area contributed by atoms with Gasteiger partial charge in [0.15, 0.2) is 11.4 Å². The average molecular weight is 753 g/mol. The fraction of sp³-hybridized carbons (Fsp3) is 0. The van der Waals surface area contributed by atoms with Crippen molar-refractivity contribution in [3.05, 3.63) is 180 Å². The van der Waals surface area contributed by atoms with Crippen LogP contribution >= 0.6 is 0 Å². The molecule has 0 atom stereocenters. The van der Waals surface area contributed by atoms with Gasteiger partial charge in [-0.05, 0) is 168 Å². The van der Waals surface area contributed by atoms with E-state index >= 15 is 0 Å². The SMILES string of the molecule is [C-]#[N+]c1cc(C#N)ccc1-c1c2ccccc2c(-c2ccc(C#N)cc2[N+]#[C-])c2cc3c(cc12)-c1ccc2c4ccc5c6c(ccc(c7ccc-3c1c27)c64)-c1ccccc1-5. The smallest absolute Gasteiger partial charge is 0.196 e. The van der Waals surface area contributed by atoms with Crippen molar-refractivity contribution in [1.29, 1.82) is 10.5 Å². The van der Waals surface area contributed by atoms with Crippen molar-refractivity contribution >= 4 is 76.0 Å². The van der Waals surface area contributed by atoms with Gasteiger partial charge in [-0.25, -0.2) is 9.69 Å². The molecule has 0 N–H and O–H groups in total. The van der Waals surface area contributed by atoms with Crippen LogP contribution in [0.25, 0.3) is 141 Å². The van der Waals surface area contributed by atoms with E-state index in [4.69, 9.17) is 13.1 Å². The van der Waals surface area contributed by atoms with Gasteiger partial charge in [0.05, 0.1) is 25.3 Å². The molecule has 13 rings (SSSR count). The quantitative estimate of drug-likeness (QED) is 0.100. The van der Waals surface area contributed by atoms with Crippen LogP contribution in [0.1, 0.15) is 11.1 Å². The van der Waals surface area contributed by atoms with Gasteiger partial charge in [-0.1, -0.05) is 109 Å². The second-order valence-corrected chi connectivity index (χ2v) is 15.8. The maximum absolute atomic E-state index is 9.80. The van der Waals surface area contributed by atoms with Crippen molar-refractivity contribution in [3.63, 3.8) is 0 Å². The molecule has 0 unspecified atom stereocenters. The third-order valence-corrected chi connectivity index (χ3v) is 13.2. The molecule has 0 heterocycles. The van der Waals surface area contributed by atoms with Crippen molar-refractivity contribution < 1.29 is 0 Å². The van der Waals surface area contributed by atoms with E-state index in [1.165, 1.54) is 76.5 Å². The fourth-order valence-corrected chi connectivity index (χ4v) is 10.8. The molecule has 0 aliphatic heterocycles. The van der Waals surface area contributed by atoms with Crippen molar-refractivity contribution in [2.24, 2.45) is 0 Å². The van der Waals surface area contributed by atoms with Crippen molar-refractivity contribution in [2.75, 3.05) is 0 Å². The first kappa shape index (κ1) is 32.3. The van der Waals surface area contributed by atoms with Crippen LogP contribution < -0.4 is 0 Å². The zero-order valence-electron chi connectivity index (χ0n) is 31.6. The summed E-state index contributed by atoms with van der Waals surface area (Å²) in [6.45, 7) is 16.5. The summed E-state index contributed by atoms with van der Waals surface area (Å²) in [6, 6.07) is 55.1. The second-order valence-electron chi connectivity index (χ2n) is 15.8. The summed E-state index contributed by atoms with van der Waals surface area (Å²) < 4.78 is 0. The Morgan fingerprint density at radius 1 is 0.317 bits per heavy atom. The maximum Gasteiger partial charge on any atom is 0.196 e. The van der Waals surface area contributed by atoms with E-state index < -0.39 is 0 Å². The topological polar surface area (TPSA) is 56.3 Å². The molecule has 4 nitrogen and oxygen atoms in total. The largest absolute Gasteiger partial charge is 0.237 e. The molecule has 0 radical (unpaired) electrons. The van der Waals surface area contributed by atoms with Crippen LogP contribution in [0.2, 0.25) is 0 Å². The Balaban J connectivity index is 1.17. The van der Waals surface area contributed by atoms with E-state index in [2.05, 4.69) is 119 Å². The Bertz CT molecular complexity index is 3790. The Kier molecular flexibility index (Phi) is 6.14. The standard InChI is InChI=1S/C56H24N4/c1-59-49-23-29(27-57)11-13-43(49)51-33-9-5-6-10-34(33)52(44-14-12-30(28-58)24-50(44)60-2)48-26-46-42-22-20-40-38-18-16-36-32-8-4-3-7-31(32)35-15-17-37(54(38)53(35)36)39-19-21-41(56(42)55(39)40)45(46)25-47(48)51/h3-26H. The summed E-state index contributed by atoms with van der Waals surface area (Å²) in [5, 5.41) is 33.5. The highest BCUT2D eigenvalue weighted by molar-refractivity contribution is 6.40. The third kappa shape index (κ3) is 3.90. The number of benzene rings is 11. The summed E-state index contributed by atoms with van der Waals surface area (Å²) >= 11 is 0. The van der Waals surface area contributed by atoms with E-state index in [1.54, 1.807) is 24.3 Å². The second kappa shape index (κ2) is 11.4. The minimum atomic E-state index is 0.405. The lowest BCUT2D eigenvalue weighted by atomic mass is 9.83. The van der Waals surface area contributed by atoms with Crippen LogP contribution in [0.15, 0.2) is 146 Å². The first-order valence-corrected chi connectivity index (χ1v) is 19.8. The summed E-state index contributed by atoms with van der Waals surface area (Å²) in [5.74, 6) is 0. The third-order valence-electron chi connectivity index (χ3n) is 13.2. The Morgan fingerprint density at radius 2 is 0.683 bits per heavy atom. The highest BCUT2D eigenvalue weighted by Crippen LogP contribution is 2.58. The molecular weight excluding hydrogens is 729 g/mol. The van der Waals surface area contributed by atoms with Crippen LogP contribution in [-0.2, 0) is 0 Å². The molecule has 2 aliphatic rings. The summed E-state index contributed by atoms with van der Waals surface area (Å²) in [6.07, 6.45) is 0. The van der Waals surface area contributed by atoms with E-state index in [-0.39, 0.29) is 0 Å². The monoisotopic (exact) mass is 752 g/mol. The molecule has 4 heteroatoms. The zero-order chi connectivity index (χ0) is 40.0. The highest BCUT2D eigenvalue weighted by atomic mass is 14.7. The normalized spacial score (nSPS) is 11.9. The molecule has 0 aromatic heterocycles. The minimum absolute atomic E-state index is 0.405. The van der Waals surface area contributed by atoms with Gasteiger partial charge in [0.1, 0.15) is 0 Å². The molecule has 0 amide bonds. The number of nitrogens with zero attached hydrogens (tertiary/aromatic N) is 4. The molecular formula is C56H24N4. The molecule has 60 heavy (non-hydrogen) atoms. The van der Waals surface area contributed by atoms with Gasteiger partial charge < -0.3 is 0 Å². The highest BCUT2D eigenvalue weighted by Gasteiger charge is 2.30. The van der Waals surface area contributed by atoms with Gasteiger partial charge in [0.2, 0.25) is 0 Å². The van der Waals surface area contributed by atoms with Gasteiger partial charge in [-0.15, -0.1) is 0 Å². The van der Waals surface area contributed by atoms with Crippen molar-refractivity contribution in [1.82, 2.24) is 0 Å². The Hall–Kier alpha value is -8.80. The van der Waals surface area contributed by atoms with Gasteiger partial charge in [0, 0.05) is 11.1 Å². The molecule has 0 bridgehead atoms. The number of hydrogen-bond donors (Lipinski definition) is 0. The molecule has 0 spiro atoms. The van der Waals surface area contributed by atoms with Gasteiger partial charge >= 0.3 is 0 Å². The minimum Gasteiger partial charge on any atom is -0.237 e. The van der Waals surface area contributed by atoms with Gasteiger partial charge in [-0.3, -0.25) is 0 Å². The first-order chi connectivity index (χ1) is 29.6. The molecule has 0 saturated carbocycles. The van der Waals surface area contributed by atoms with Crippen LogP contribution in [0.3, 0.4) is 0 Å². The average Bonchev–Trinajstić information content (AvgIpc) is 3.81. The molecule has 2 aliphatic carbocycles. The number of hydrogen-bond acceptors (Lipinski definition) is 2. The lowest BCUT2D eigenvalue weighted by molar-refractivity contribution is 1.49. The fourth-order valence-electron chi connectivity index (χ4n) is 10.8. The predicted octanol–water partition coefficient (Wildman–Crippen LogP) is 15.5. The first-order valence-electron chi connectivity index (χ1n) is 19.8. The molecule has 268 valence electrons. The number of fused-ring (bicyclic) bond motifs is 10. The molecule has 0 fully saturated rings. The zero-order valence-corrected chi connectivity index (χ0v) is 31.6. The van der Waals surface area contributed by atoms with E-state index in [1.807, 2.05) is 24.3 Å². The van der Waals surface area contributed by atoms with E-state index in [9.17, 15) is 10.5 Å². The van der Waals surface area contributed by atoms with E-state index in [0.717, 1.165) is 54.9 Å². The van der Waals surface area contributed by atoms with Crippen LogP contribution in [0.4, 0.5) is 11.4 Å². The number of rotatable bonds is 2. The Labute approximate surface area is 343 Å². The lowest BCUT2D eigenvalue weighted by Gasteiger charge is -2.20. The van der Waals surface area contributed by atoms with Gasteiger partial charge in [-0.2, -0.15) is 10.5 Å². The summed E-state index contributed by atoms with van der Waals surface area (Å²) in [5.41, 5.74) is 14.7. The van der Waals surface area contributed by atoms with Gasteiger partial charge in [0.25, 0.3) is 0 Å². The predicted molar refractivity (Wildman–Crippen MR) is 244 cm³/mol. The maximum atomic E-state index is 9.80. The van der Waals surface area contributed by atoms with Crippen LogP contribution in [0, 0.1) is 35.8 Å². The lowest BCUT2D eigenvalue weighted by Crippen LogP contribution is -1.93. The molecule has 11 aromatic carbocycles. The molecule has 0 saturated heterocycles. The van der Waals surface area contributed by atoms with Crippen molar-refractivity contribution in [2.45, 2.75) is 0 Å². The van der Waals surface area contributed by atoms with E-state index in [0.29, 0.717) is 22.5 Å². The van der Waals surface area contributed by atoms with Crippen molar-refractivity contribution in [3.8, 4) is 78.9 Å². The summed E-state index contributed by atoms with van der Waals surface area (Å²) in [4.78, 5) is 7.91. The van der Waals surface area contributed by atoms with Crippen LogP contribution in [0.5, 0.6) is 0 Å². The Morgan fingerprint density at radius 3 is 1.07 bits per heavy atom. The van der Waals surface area contributed by atoms with Crippen LogP contribution in [-0.4, -0.2) is 0 Å².